The van der Waals surface area contributed by atoms with E-state index in [4.69, 9.17) is 5.84 Å². The number of hydrazine groups is 2. The zero-order valence-electron chi connectivity index (χ0n) is 24.4. The molecule has 0 spiro atoms. The van der Waals surface area contributed by atoms with Gasteiger partial charge in [0.1, 0.15) is 18.4 Å². The van der Waals surface area contributed by atoms with Crippen molar-refractivity contribution in [2.75, 3.05) is 18.4 Å². The monoisotopic (exact) mass is 646 g/mol. The molecule has 1 aliphatic rings. The third kappa shape index (κ3) is 12.6. The molecule has 2 atom stereocenters. The van der Waals surface area contributed by atoms with Crippen molar-refractivity contribution in [2.45, 2.75) is 89.3 Å². The summed E-state index contributed by atoms with van der Waals surface area (Å²) >= 11 is 0. The maximum absolute atomic E-state index is 13.4. The lowest BCUT2D eigenvalue weighted by molar-refractivity contribution is -0.139. The molecular formula is C25H38F8N10O. The lowest BCUT2D eigenvalue weighted by Gasteiger charge is -2.33. The van der Waals surface area contributed by atoms with E-state index in [-0.39, 0.29) is 43.8 Å². The van der Waals surface area contributed by atoms with Crippen LogP contribution in [0.25, 0.3) is 0 Å². The lowest BCUT2D eigenvalue weighted by Crippen LogP contribution is -2.47. The molecule has 44 heavy (non-hydrogen) atoms. The summed E-state index contributed by atoms with van der Waals surface area (Å²) < 4.78 is 107. The van der Waals surface area contributed by atoms with Crippen LogP contribution in [0.15, 0.2) is 29.6 Å². The maximum Gasteiger partial charge on any atom is 0.408 e. The molecule has 3 rings (SSSR count). The summed E-state index contributed by atoms with van der Waals surface area (Å²) in [5, 5.41) is 13.3. The molecule has 2 aromatic rings. The second-order valence-corrected chi connectivity index (χ2v) is 10.6. The summed E-state index contributed by atoms with van der Waals surface area (Å²) in [6.45, 7) is 4.62. The first kappa shape index (κ1) is 36.7. The molecule has 1 saturated carbocycles. The van der Waals surface area contributed by atoms with E-state index in [0.29, 0.717) is 12.5 Å². The van der Waals surface area contributed by atoms with Crippen LogP contribution in [0.4, 0.5) is 40.8 Å². The number of hydrogen-bond donors (Lipinski definition) is 5. The van der Waals surface area contributed by atoms with Crippen molar-refractivity contribution < 1.29 is 39.9 Å². The van der Waals surface area contributed by atoms with E-state index < -0.39 is 49.2 Å². The van der Waals surface area contributed by atoms with Gasteiger partial charge in [-0.05, 0) is 45.6 Å². The van der Waals surface area contributed by atoms with Crippen LogP contribution in [0, 0.1) is 12.8 Å². The molecule has 19 heteroatoms. The number of alkyl halides is 8. The molecule has 1 amide bonds. The molecule has 6 N–H and O–H groups in total. The number of nitrogens with one attached hydrogen (secondary N) is 4. The van der Waals surface area contributed by atoms with Crippen molar-refractivity contribution in [3.05, 3.63) is 30.4 Å². The molecule has 250 valence electrons. The van der Waals surface area contributed by atoms with Crippen molar-refractivity contribution in [2.24, 2.45) is 16.8 Å². The summed E-state index contributed by atoms with van der Waals surface area (Å²) in [4.78, 5) is 14.1. The number of rotatable bonds is 12. The summed E-state index contributed by atoms with van der Waals surface area (Å²) in [6, 6.07) is 0.151. The Morgan fingerprint density at radius 1 is 1.16 bits per heavy atom. The van der Waals surface area contributed by atoms with E-state index in [0.717, 1.165) is 17.1 Å². The standard InChI is InChI=1S/C18H26F8N8O.C7H12N2/c19-16(20)3-1-11(2-4-16)13(30-10-35)7-28-12-6-31-34(8-12)14(5-17(21,22)23)15(32-33-27)29-9-18(24,25)26;1-6(2)9-7(3)4-5-8-9/h6,8,10-11,13-14,28,33H,1-5,7,9,27H2,(H,29,32)(H,30,35);4-6H,1-3H3/t13-,14?;/m1./s1. The first-order valence-electron chi connectivity index (χ1n) is 13.7. The number of carbonyl (C=O) groups excluding carboxylic acids is 1. The minimum Gasteiger partial charge on any atom is -0.380 e. The normalized spacial score (nSPS) is 17.4. The van der Waals surface area contributed by atoms with Crippen LogP contribution in [0.3, 0.4) is 0 Å². The number of halogens is 8. The van der Waals surface area contributed by atoms with Crippen LogP contribution in [-0.2, 0) is 4.79 Å². The smallest absolute Gasteiger partial charge is 0.380 e. The van der Waals surface area contributed by atoms with Crippen molar-refractivity contribution in [1.29, 1.82) is 0 Å². The van der Waals surface area contributed by atoms with E-state index in [9.17, 15) is 39.9 Å². The SMILES string of the molecule is Cc1ccnn1C(C)C.NNNC(=NCC(F)(F)F)C(CC(F)(F)F)n1cc(NC[C@@H](NC=O)C2CCC(F)(F)CC2)cn1. The Morgan fingerprint density at radius 2 is 1.82 bits per heavy atom. The highest BCUT2D eigenvalue weighted by molar-refractivity contribution is 5.85. The summed E-state index contributed by atoms with van der Waals surface area (Å²) in [7, 11) is 0. The molecule has 0 aliphatic heterocycles. The second kappa shape index (κ2) is 16.0. The number of anilines is 1. The first-order valence-corrected chi connectivity index (χ1v) is 13.7. The van der Waals surface area contributed by atoms with Gasteiger partial charge < -0.3 is 10.6 Å². The molecule has 0 saturated heterocycles. The molecule has 11 nitrogen and oxygen atoms in total. The van der Waals surface area contributed by atoms with Gasteiger partial charge in [0.2, 0.25) is 12.3 Å². The van der Waals surface area contributed by atoms with Crippen LogP contribution < -0.4 is 27.4 Å². The van der Waals surface area contributed by atoms with Gasteiger partial charge >= 0.3 is 12.4 Å². The zero-order chi connectivity index (χ0) is 33.1. The van der Waals surface area contributed by atoms with Gasteiger partial charge in [-0.25, -0.2) is 8.78 Å². The van der Waals surface area contributed by atoms with E-state index >= 15 is 0 Å². The summed E-state index contributed by atoms with van der Waals surface area (Å²) in [6.07, 6.45) is -6.97. The fourth-order valence-corrected chi connectivity index (χ4v) is 4.67. The maximum atomic E-state index is 13.4. The minimum absolute atomic E-state index is 0.0578. The van der Waals surface area contributed by atoms with Gasteiger partial charge in [-0.2, -0.15) is 42.1 Å². The fraction of sp³-hybridized carbons (Fsp3) is 0.680. The third-order valence-electron chi connectivity index (χ3n) is 6.79. The van der Waals surface area contributed by atoms with Crippen LogP contribution in [0.2, 0.25) is 0 Å². The zero-order valence-corrected chi connectivity index (χ0v) is 24.4. The summed E-state index contributed by atoms with van der Waals surface area (Å²) in [5.74, 6) is 1.26. The number of aliphatic imine (C=N–C) groups is 1. The topological polar surface area (TPSA) is 139 Å². The molecule has 1 unspecified atom stereocenters. The minimum atomic E-state index is -4.79. The molecule has 0 radical (unpaired) electrons. The van der Waals surface area contributed by atoms with Crippen LogP contribution in [-0.4, -0.2) is 69.2 Å². The van der Waals surface area contributed by atoms with E-state index in [1.165, 1.54) is 5.69 Å². The second-order valence-electron chi connectivity index (χ2n) is 10.6. The van der Waals surface area contributed by atoms with E-state index in [2.05, 4.69) is 46.6 Å². The predicted molar refractivity (Wildman–Crippen MR) is 146 cm³/mol. The predicted octanol–water partition coefficient (Wildman–Crippen LogP) is 4.43. The molecule has 1 aliphatic carbocycles. The Labute approximate surface area is 248 Å². The van der Waals surface area contributed by atoms with Crippen LogP contribution in [0.1, 0.15) is 63.7 Å². The van der Waals surface area contributed by atoms with Gasteiger partial charge in [-0.1, -0.05) is 0 Å². The van der Waals surface area contributed by atoms with Gasteiger partial charge in [-0.15, -0.1) is 0 Å². The number of nitrogens with zero attached hydrogens (tertiary/aromatic N) is 5. The van der Waals surface area contributed by atoms with Gasteiger partial charge in [0.15, 0.2) is 0 Å². The number of hydrogen-bond acceptors (Lipinski definition) is 7. The van der Waals surface area contributed by atoms with Gasteiger partial charge in [0.25, 0.3) is 0 Å². The van der Waals surface area contributed by atoms with Gasteiger partial charge in [-0.3, -0.25) is 30.4 Å². The molecular weight excluding hydrogens is 608 g/mol. The van der Waals surface area contributed by atoms with Crippen LogP contribution in [0.5, 0.6) is 0 Å². The average Bonchev–Trinajstić information content (AvgIpc) is 3.56. The number of aryl methyl sites for hydroxylation is 1. The Morgan fingerprint density at radius 3 is 2.30 bits per heavy atom. The van der Waals surface area contributed by atoms with E-state index in [1.807, 2.05) is 22.4 Å². The van der Waals surface area contributed by atoms with Crippen molar-refractivity contribution in [1.82, 2.24) is 35.8 Å². The van der Waals surface area contributed by atoms with Crippen molar-refractivity contribution in [3.63, 3.8) is 0 Å². The first-order chi connectivity index (χ1) is 20.4. The fourth-order valence-electron chi connectivity index (χ4n) is 4.67. The largest absolute Gasteiger partial charge is 0.408 e. The Bertz CT molecular complexity index is 1170. The number of amides is 1. The van der Waals surface area contributed by atoms with Crippen molar-refractivity contribution >= 4 is 17.9 Å². The van der Waals surface area contributed by atoms with Gasteiger partial charge in [0, 0.05) is 49.6 Å². The Hall–Kier alpha value is -3.48. The molecule has 2 heterocycles. The number of aromatic nitrogens is 4. The third-order valence-corrected chi connectivity index (χ3v) is 6.79. The molecule has 1 fully saturated rings. The summed E-state index contributed by atoms with van der Waals surface area (Å²) in [5.41, 5.74) is 5.18. The Kier molecular flexibility index (Phi) is 13.4. The average molecular weight is 647 g/mol. The quantitative estimate of drug-likeness (QED) is 0.0575. The molecule has 0 bridgehead atoms. The van der Waals surface area contributed by atoms with Crippen LogP contribution >= 0.6 is 0 Å². The highest BCUT2D eigenvalue weighted by Gasteiger charge is 2.38. The van der Waals surface area contributed by atoms with Crippen molar-refractivity contribution in [3.8, 4) is 0 Å². The molecule has 0 aromatic carbocycles. The van der Waals surface area contributed by atoms with E-state index in [1.54, 1.807) is 5.53 Å². The highest BCUT2D eigenvalue weighted by atomic mass is 19.4. The number of carbonyl (C=O) groups is 1. The number of nitrogens with two attached hydrogens (primary N) is 1. The Balaban J connectivity index is 0.000000639. The number of amidine groups is 1. The lowest BCUT2D eigenvalue weighted by atomic mass is 9.82. The molecule has 2 aromatic heterocycles. The van der Waals surface area contributed by atoms with Gasteiger partial charge in [0.05, 0.1) is 18.3 Å². The highest BCUT2D eigenvalue weighted by Crippen LogP contribution is 2.37.